The molecule has 0 radical (unpaired) electrons. The first kappa shape index (κ1) is 14.9. The summed E-state index contributed by atoms with van der Waals surface area (Å²) in [5.41, 5.74) is 9.86. The van der Waals surface area contributed by atoms with E-state index in [0.29, 0.717) is 18.0 Å². The Morgan fingerprint density at radius 3 is 2.70 bits per heavy atom. The molecule has 2 rings (SSSR count). The molecule has 4 nitrogen and oxygen atoms in total. The number of anilines is 1. The summed E-state index contributed by atoms with van der Waals surface area (Å²) >= 11 is 3.61. The number of aromatic nitrogens is 2. The molecule has 108 valence electrons. The Balaban J connectivity index is 2.20. The number of nitrogens with two attached hydrogens (primary N) is 1. The Morgan fingerprint density at radius 2 is 2.10 bits per heavy atom. The molecule has 1 aromatic heterocycles. The van der Waals surface area contributed by atoms with Crippen LogP contribution in [0.2, 0.25) is 0 Å². The van der Waals surface area contributed by atoms with E-state index in [9.17, 15) is 0 Å². The van der Waals surface area contributed by atoms with Crippen molar-refractivity contribution in [1.29, 1.82) is 0 Å². The number of ether oxygens (including phenoxy) is 1. The lowest BCUT2D eigenvalue weighted by Gasteiger charge is -2.11. The summed E-state index contributed by atoms with van der Waals surface area (Å²) in [4.78, 5) is 0. The van der Waals surface area contributed by atoms with Crippen LogP contribution >= 0.6 is 15.9 Å². The SMILES string of the molecule is CCc1nn(CC)c(COc2ccc(C)cc2N)c1Br. The van der Waals surface area contributed by atoms with Crippen LogP contribution in [0.15, 0.2) is 22.7 Å². The second-order valence-electron chi connectivity index (χ2n) is 4.71. The van der Waals surface area contributed by atoms with E-state index >= 15 is 0 Å². The van der Waals surface area contributed by atoms with Crippen LogP contribution in [0.3, 0.4) is 0 Å². The van der Waals surface area contributed by atoms with Gasteiger partial charge in [-0.3, -0.25) is 4.68 Å². The van der Waals surface area contributed by atoms with Crippen molar-refractivity contribution in [1.82, 2.24) is 9.78 Å². The largest absolute Gasteiger partial charge is 0.485 e. The summed E-state index contributed by atoms with van der Waals surface area (Å²) in [5.74, 6) is 0.712. The zero-order valence-corrected chi connectivity index (χ0v) is 13.7. The van der Waals surface area contributed by atoms with Gasteiger partial charge in [0.15, 0.2) is 0 Å². The molecule has 2 N–H and O–H groups in total. The fourth-order valence-corrected chi connectivity index (χ4v) is 2.78. The number of hydrogen-bond acceptors (Lipinski definition) is 3. The molecular formula is C15H20BrN3O. The quantitative estimate of drug-likeness (QED) is 0.846. The molecule has 0 aliphatic rings. The zero-order valence-electron chi connectivity index (χ0n) is 12.1. The van der Waals surface area contributed by atoms with Crippen molar-refractivity contribution in [3.63, 3.8) is 0 Å². The van der Waals surface area contributed by atoms with Gasteiger partial charge >= 0.3 is 0 Å². The topological polar surface area (TPSA) is 53.1 Å². The van der Waals surface area contributed by atoms with Crippen LogP contribution < -0.4 is 10.5 Å². The van der Waals surface area contributed by atoms with Crippen molar-refractivity contribution in [2.75, 3.05) is 5.73 Å². The summed E-state index contributed by atoms with van der Waals surface area (Å²) in [5, 5.41) is 4.55. The van der Waals surface area contributed by atoms with Crippen LogP contribution in [0.4, 0.5) is 5.69 Å². The average Bonchev–Trinajstić information content (AvgIpc) is 2.74. The summed E-state index contributed by atoms with van der Waals surface area (Å²) < 4.78 is 8.84. The molecule has 1 aromatic carbocycles. The second kappa shape index (κ2) is 6.31. The van der Waals surface area contributed by atoms with Gasteiger partial charge in [0, 0.05) is 6.54 Å². The van der Waals surface area contributed by atoms with Gasteiger partial charge in [-0.1, -0.05) is 13.0 Å². The van der Waals surface area contributed by atoms with Crippen LogP contribution in [-0.4, -0.2) is 9.78 Å². The molecule has 0 saturated heterocycles. The summed E-state index contributed by atoms with van der Waals surface area (Å²) in [6.07, 6.45) is 0.896. The molecule has 5 heteroatoms. The predicted molar refractivity (Wildman–Crippen MR) is 84.9 cm³/mol. The molecule has 0 fully saturated rings. The standard InChI is InChI=1S/C15H20BrN3O/c1-4-12-15(16)13(19(5-2)18-12)9-20-14-7-6-10(3)8-11(14)17/h6-8H,4-5,9,17H2,1-3H3. The van der Waals surface area contributed by atoms with Crippen molar-refractivity contribution in [2.24, 2.45) is 0 Å². The maximum absolute atomic E-state index is 5.97. The average molecular weight is 338 g/mol. The molecule has 0 spiro atoms. The minimum atomic E-state index is 0.453. The summed E-state index contributed by atoms with van der Waals surface area (Å²) in [7, 11) is 0. The molecular weight excluding hydrogens is 318 g/mol. The summed E-state index contributed by atoms with van der Waals surface area (Å²) in [6.45, 7) is 7.45. The fraction of sp³-hybridized carbons (Fsp3) is 0.400. The lowest BCUT2D eigenvalue weighted by molar-refractivity contribution is 0.293. The van der Waals surface area contributed by atoms with E-state index in [1.54, 1.807) is 0 Å². The van der Waals surface area contributed by atoms with Crippen LogP contribution in [-0.2, 0) is 19.6 Å². The third-order valence-corrected chi connectivity index (χ3v) is 4.14. The molecule has 0 amide bonds. The van der Waals surface area contributed by atoms with Crippen LogP contribution in [0.25, 0.3) is 0 Å². The normalized spacial score (nSPS) is 10.8. The van der Waals surface area contributed by atoms with Gasteiger partial charge in [-0.2, -0.15) is 5.10 Å². The van der Waals surface area contributed by atoms with Gasteiger partial charge in [-0.15, -0.1) is 0 Å². The number of hydrogen-bond donors (Lipinski definition) is 1. The van der Waals surface area contributed by atoms with Gasteiger partial charge < -0.3 is 10.5 Å². The molecule has 2 aromatic rings. The van der Waals surface area contributed by atoms with E-state index in [1.165, 1.54) is 0 Å². The number of halogens is 1. The third-order valence-electron chi connectivity index (χ3n) is 3.22. The van der Waals surface area contributed by atoms with E-state index in [0.717, 1.165) is 34.4 Å². The second-order valence-corrected chi connectivity index (χ2v) is 5.50. The highest BCUT2D eigenvalue weighted by molar-refractivity contribution is 9.10. The van der Waals surface area contributed by atoms with E-state index in [2.05, 4.69) is 34.9 Å². The van der Waals surface area contributed by atoms with Crippen molar-refractivity contribution in [3.05, 3.63) is 39.6 Å². The Hall–Kier alpha value is -1.49. The number of nitrogen functional groups attached to an aromatic ring is 1. The molecule has 0 aliphatic heterocycles. The first-order valence-electron chi connectivity index (χ1n) is 6.79. The summed E-state index contributed by atoms with van der Waals surface area (Å²) in [6, 6.07) is 5.82. The number of benzene rings is 1. The first-order valence-corrected chi connectivity index (χ1v) is 7.59. The van der Waals surface area contributed by atoms with Crippen molar-refractivity contribution in [2.45, 2.75) is 40.3 Å². The van der Waals surface area contributed by atoms with E-state index < -0.39 is 0 Å². The fourth-order valence-electron chi connectivity index (χ4n) is 2.10. The molecule has 1 heterocycles. The molecule has 0 bridgehead atoms. The van der Waals surface area contributed by atoms with E-state index in [1.807, 2.05) is 29.8 Å². The monoisotopic (exact) mass is 337 g/mol. The van der Waals surface area contributed by atoms with Gasteiger partial charge in [0.2, 0.25) is 0 Å². The van der Waals surface area contributed by atoms with Gasteiger partial charge in [0.05, 0.1) is 21.5 Å². The van der Waals surface area contributed by atoms with Crippen molar-refractivity contribution < 1.29 is 4.74 Å². The molecule has 0 saturated carbocycles. The van der Waals surface area contributed by atoms with Crippen LogP contribution in [0, 0.1) is 6.92 Å². The van der Waals surface area contributed by atoms with Crippen molar-refractivity contribution in [3.8, 4) is 5.75 Å². The number of rotatable bonds is 5. The Bertz CT molecular complexity index is 607. The predicted octanol–water partition coefficient (Wildman–Crippen LogP) is 3.70. The molecule has 0 aliphatic carbocycles. The maximum atomic E-state index is 5.97. The van der Waals surface area contributed by atoms with Crippen molar-refractivity contribution >= 4 is 21.6 Å². The highest BCUT2D eigenvalue weighted by Crippen LogP contribution is 2.27. The highest BCUT2D eigenvalue weighted by atomic mass is 79.9. The molecule has 20 heavy (non-hydrogen) atoms. The minimum Gasteiger partial charge on any atom is -0.485 e. The maximum Gasteiger partial charge on any atom is 0.142 e. The van der Waals surface area contributed by atoms with E-state index in [4.69, 9.17) is 10.5 Å². The molecule has 0 atom stereocenters. The van der Waals surface area contributed by atoms with Crippen LogP contribution in [0.1, 0.15) is 30.8 Å². The molecule has 0 unspecified atom stereocenters. The number of aryl methyl sites for hydroxylation is 3. The first-order chi connectivity index (χ1) is 9.56. The van der Waals surface area contributed by atoms with Gasteiger partial charge in [0.25, 0.3) is 0 Å². The Labute approximate surface area is 128 Å². The lowest BCUT2D eigenvalue weighted by Crippen LogP contribution is -2.07. The Kier molecular flexibility index (Phi) is 4.70. The van der Waals surface area contributed by atoms with Crippen LogP contribution in [0.5, 0.6) is 5.75 Å². The zero-order chi connectivity index (χ0) is 14.7. The van der Waals surface area contributed by atoms with Gasteiger partial charge in [-0.25, -0.2) is 0 Å². The van der Waals surface area contributed by atoms with E-state index in [-0.39, 0.29) is 0 Å². The highest BCUT2D eigenvalue weighted by Gasteiger charge is 2.14. The smallest absolute Gasteiger partial charge is 0.142 e. The lowest BCUT2D eigenvalue weighted by atomic mass is 10.2. The Morgan fingerprint density at radius 1 is 1.35 bits per heavy atom. The third kappa shape index (κ3) is 2.98. The van der Waals surface area contributed by atoms with Gasteiger partial charge in [0.1, 0.15) is 12.4 Å². The van der Waals surface area contributed by atoms with Gasteiger partial charge in [-0.05, 0) is 53.9 Å². The number of nitrogens with zero attached hydrogens (tertiary/aromatic N) is 2. The minimum absolute atomic E-state index is 0.453.